The molecule has 0 N–H and O–H groups in total. The van der Waals surface area contributed by atoms with Gasteiger partial charge >= 0.3 is 0 Å². The number of nitrogens with zero attached hydrogens (tertiary/aromatic N) is 3. The summed E-state index contributed by atoms with van der Waals surface area (Å²) in [5.74, 6) is 5.33. The van der Waals surface area contributed by atoms with Crippen LogP contribution >= 0.6 is 11.6 Å². The predicted molar refractivity (Wildman–Crippen MR) is 57.7 cm³/mol. The molecule has 0 aliphatic rings. The number of hydrogen-bond acceptors (Lipinski definition) is 2. The van der Waals surface area contributed by atoms with Crippen molar-refractivity contribution < 1.29 is 4.79 Å². The summed E-state index contributed by atoms with van der Waals surface area (Å²) in [6, 6.07) is 4.80. The zero-order chi connectivity index (χ0) is 11.1. The molecule has 1 rings (SSSR count). The van der Waals surface area contributed by atoms with Crippen LogP contribution in [0.15, 0.2) is 23.3 Å². The Kier molecular flexibility index (Phi) is 4.24. The molecule has 5 heteroatoms. The van der Waals surface area contributed by atoms with E-state index in [1.807, 2.05) is 0 Å². The third-order valence-corrected chi connectivity index (χ3v) is 1.81. The molecule has 1 aromatic carbocycles. The zero-order valence-electron chi connectivity index (χ0n) is 7.64. The highest BCUT2D eigenvalue weighted by molar-refractivity contribution is 6.30. The van der Waals surface area contributed by atoms with Crippen LogP contribution in [0.3, 0.4) is 0 Å². The van der Waals surface area contributed by atoms with E-state index in [4.69, 9.17) is 17.1 Å². The summed E-state index contributed by atoms with van der Waals surface area (Å²) in [5, 5.41) is 3.76. The Morgan fingerprint density at radius 3 is 3.07 bits per heavy atom. The first-order valence-electron chi connectivity index (χ1n) is 4.02. The maximum absolute atomic E-state index is 10.6. The number of benzene rings is 1. The summed E-state index contributed by atoms with van der Waals surface area (Å²) in [5.41, 5.74) is 9.02. The molecular weight excluding hydrogens is 214 g/mol. The quantitative estimate of drug-likeness (QED) is 0.248. The second-order valence-corrected chi connectivity index (χ2v) is 2.98. The van der Waals surface area contributed by atoms with Crippen molar-refractivity contribution in [3.8, 4) is 11.8 Å². The lowest BCUT2D eigenvalue weighted by Gasteiger charge is -1.96. The van der Waals surface area contributed by atoms with Crippen molar-refractivity contribution in [2.24, 2.45) is 5.11 Å². The number of rotatable bonds is 2. The van der Waals surface area contributed by atoms with E-state index in [-0.39, 0.29) is 6.54 Å². The molecule has 15 heavy (non-hydrogen) atoms. The third-order valence-electron chi connectivity index (χ3n) is 1.58. The van der Waals surface area contributed by atoms with Gasteiger partial charge < -0.3 is 0 Å². The first-order chi connectivity index (χ1) is 7.27. The minimum Gasteiger partial charge on any atom is -0.298 e. The topological polar surface area (TPSA) is 65.8 Å². The van der Waals surface area contributed by atoms with Crippen LogP contribution in [0.5, 0.6) is 0 Å². The molecule has 0 unspecified atom stereocenters. The van der Waals surface area contributed by atoms with Crippen LogP contribution in [0, 0.1) is 11.8 Å². The largest absolute Gasteiger partial charge is 0.298 e. The number of carbonyl (C=O) groups excluding carboxylic acids is 1. The summed E-state index contributed by atoms with van der Waals surface area (Å²) in [6.07, 6.45) is 0.702. The van der Waals surface area contributed by atoms with Crippen molar-refractivity contribution in [3.63, 3.8) is 0 Å². The van der Waals surface area contributed by atoms with Crippen molar-refractivity contribution in [3.05, 3.63) is 44.8 Å². The van der Waals surface area contributed by atoms with E-state index in [0.717, 1.165) is 0 Å². The first-order valence-corrected chi connectivity index (χ1v) is 4.40. The number of hydrogen-bond donors (Lipinski definition) is 0. The average Bonchev–Trinajstić information content (AvgIpc) is 2.25. The smallest absolute Gasteiger partial charge is 0.151 e. The Labute approximate surface area is 91.5 Å². The highest BCUT2D eigenvalue weighted by Gasteiger charge is 1.98. The summed E-state index contributed by atoms with van der Waals surface area (Å²) in [4.78, 5) is 13.2. The minimum atomic E-state index is 0.0707. The molecule has 0 saturated heterocycles. The molecule has 0 saturated carbocycles. The van der Waals surface area contributed by atoms with Gasteiger partial charge in [0.2, 0.25) is 0 Å². The zero-order valence-corrected chi connectivity index (χ0v) is 8.40. The predicted octanol–water partition coefficient (Wildman–Crippen LogP) is 2.81. The summed E-state index contributed by atoms with van der Waals surface area (Å²) in [6.45, 7) is 0.0707. The Morgan fingerprint density at radius 1 is 1.60 bits per heavy atom. The Hall–Kier alpha value is -1.95. The van der Waals surface area contributed by atoms with Gasteiger partial charge in [0.05, 0.1) is 6.54 Å². The van der Waals surface area contributed by atoms with E-state index >= 15 is 0 Å². The van der Waals surface area contributed by atoms with Crippen LogP contribution < -0.4 is 0 Å². The van der Waals surface area contributed by atoms with Crippen LogP contribution in [-0.2, 0) is 0 Å². The van der Waals surface area contributed by atoms with Gasteiger partial charge in [-0.1, -0.05) is 28.6 Å². The second-order valence-electron chi connectivity index (χ2n) is 2.54. The first kappa shape index (κ1) is 11.1. The van der Waals surface area contributed by atoms with E-state index in [0.29, 0.717) is 22.4 Å². The molecule has 0 aliphatic heterocycles. The molecule has 0 aliphatic carbocycles. The molecule has 0 aromatic heterocycles. The molecule has 0 amide bonds. The Bertz CT molecular complexity index is 481. The lowest BCUT2D eigenvalue weighted by molar-refractivity contribution is 0.112. The van der Waals surface area contributed by atoms with Gasteiger partial charge in [-0.2, -0.15) is 0 Å². The Balaban J connectivity index is 2.99. The van der Waals surface area contributed by atoms with E-state index in [9.17, 15) is 4.79 Å². The van der Waals surface area contributed by atoms with Crippen LogP contribution in [0.2, 0.25) is 5.02 Å². The van der Waals surface area contributed by atoms with Gasteiger partial charge in [-0.15, -0.1) is 0 Å². The summed E-state index contributed by atoms with van der Waals surface area (Å²) >= 11 is 5.75. The fourth-order valence-electron chi connectivity index (χ4n) is 0.941. The lowest BCUT2D eigenvalue weighted by Crippen LogP contribution is -1.86. The SMILES string of the molecule is [N-]=[N+]=NCC#Cc1cc(Cl)ccc1C=O. The van der Waals surface area contributed by atoms with Crippen LogP contribution in [0.25, 0.3) is 10.4 Å². The van der Waals surface area contributed by atoms with E-state index < -0.39 is 0 Å². The maximum atomic E-state index is 10.6. The molecule has 4 nitrogen and oxygen atoms in total. The van der Waals surface area contributed by atoms with Crippen molar-refractivity contribution in [2.75, 3.05) is 6.54 Å². The maximum Gasteiger partial charge on any atom is 0.151 e. The van der Waals surface area contributed by atoms with Crippen molar-refractivity contribution >= 4 is 17.9 Å². The molecule has 0 atom stereocenters. The molecular formula is C10H6ClN3O. The van der Waals surface area contributed by atoms with Crippen LogP contribution in [0.1, 0.15) is 15.9 Å². The molecule has 0 fully saturated rings. The molecule has 0 radical (unpaired) electrons. The van der Waals surface area contributed by atoms with Gasteiger partial charge in [-0.25, -0.2) is 0 Å². The third kappa shape index (κ3) is 3.35. The van der Waals surface area contributed by atoms with Gasteiger partial charge in [0, 0.05) is 21.1 Å². The molecule has 74 valence electrons. The van der Waals surface area contributed by atoms with E-state index in [1.54, 1.807) is 18.2 Å². The van der Waals surface area contributed by atoms with Gasteiger partial charge in [0.15, 0.2) is 6.29 Å². The highest BCUT2D eigenvalue weighted by atomic mass is 35.5. The standard InChI is InChI=1S/C10H6ClN3O/c11-10-4-3-9(7-15)8(6-10)2-1-5-13-14-12/h3-4,6-7H,5H2. The van der Waals surface area contributed by atoms with Crippen molar-refractivity contribution in [2.45, 2.75) is 0 Å². The van der Waals surface area contributed by atoms with Gasteiger partial charge in [0.25, 0.3) is 0 Å². The number of aldehydes is 1. The fraction of sp³-hybridized carbons (Fsp3) is 0.100. The lowest BCUT2D eigenvalue weighted by atomic mass is 10.1. The van der Waals surface area contributed by atoms with Crippen LogP contribution in [-0.4, -0.2) is 12.8 Å². The van der Waals surface area contributed by atoms with Gasteiger partial charge in [-0.3, -0.25) is 4.79 Å². The van der Waals surface area contributed by atoms with E-state index in [1.165, 1.54) is 0 Å². The number of azide groups is 1. The van der Waals surface area contributed by atoms with E-state index in [2.05, 4.69) is 21.9 Å². The normalized spacial score (nSPS) is 8.33. The molecule has 0 spiro atoms. The highest BCUT2D eigenvalue weighted by Crippen LogP contribution is 2.13. The number of carbonyl (C=O) groups is 1. The molecule has 0 bridgehead atoms. The summed E-state index contributed by atoms with van der Waals surface area (Å²) in [7, 11) is 0. The number of halogens is 1. The molecule has 0 heterocycles. The fourth-order valence-corrected chi connectivity index (χ4v) is 1.11. The average molecular weight is 220 g/mol. The van der Waals surface area contributed by atoms with Gasteiger partial charge in [0.1, 0.15) is 0 Å². The van der Waals surface area contributed by atoms with Crippen molar-refractivity contribution in [1.82, 2.24) is 0 Å². The van der Waals surface area contributed by atoms with Crippen LogP contribution in [0.4, 0.5) is 0 Å². The second kappa shape index (κ2) is 5.71. The summed E-state index contributed by atoms with van der Waals surface area (Å²) < 4.78 is 0. The monoisotopic (exact) mass is 219 g/mol. The Morgan fingerprint density at radius 2 is 2.40 bits per heavy atom. The van der Waals surface area contributed by atoms with Crippen molar-refractivity contribution in [1.29, 1.82) is 0 Å². The molecule has 1 aromatic rings. The van der Waals surface area contributed by atoms with Gasteiger partial charge in [-0.05, 0) is 23.7 Å². The minimum absolute atomic E-state index is 0.0707.